The van der Waals surface area contributed by atoms with Gasteiger partial charge in [0.05, 0.1) is 27.7 Å². The van der Waals surface area contributed by atoms with Gasteiger partial charge in [0.25, 0.3) is 0 Å². The van der Waals surface area contributed by atoms with Gasteiger partial charge in [-0.2, -0.15) is 5.26 Å². The van der Waals surface area contributed by atoms with Crippen molar-refractivity contribution in [2.24, 2.45) is 0 Å². The van der Waals surface area contributed by atoms with Gasteiger partial charge in [0, 0.05) is 12.7 Å². The third kappa shape index (κ3) is 2.22. The monoisotopic (exact) mass is 221 g/mol. The van der Waals surface area contributed by atoms with Crippen LogP contribution in [-0.2, 0) is 10.8 Å². The largest absolute Gasteiger partial charge is 0.315 e. The highest BCUT2D eigenvalue weighted by Gasteiger charge is 2.23. The van der Waals surface area contributed by atoms with Crippen molar-refractivity contribution < 1.29 is 4.21 Å². The van der Waals surface area contributed by atoms with Crippen LogP contribution in [0.3, 0.4) is 0 Å². The fraction of sp³-hybridized carbons (Fsp3) is 0.400. The second-order valence-corrected chi connectivity index (χ2v) is 5.09. The lowest BCUT2D eigenvalue weighted by Gasteiger charge is -2.07. The standard InChI is InChI=1S/C10H11N3OS/c11-6-8-1-4-13-10(5-8)15(14)9-2-3-12-7-9/h1,4-5,9,12H,2-3,7H2/t9-,15?/m1/s1. The average Bonchev–Trinajstić information content (AvgIpc) is 2.81. The highest BCUT2D eigenvalue weighted by molar-refractivity contribution is 7.85. The van der Waals surface area contributed by atoms with Crippen molar-refractivity contribution in [2.75, 3.05) is 13.1 Å². The molecule has 1 aromatic heterocycles. The lowest BCUT2D eigenvalue weighted by atomic mass is 10.3. The second-order valence-electron chi connectivity index (χ2n) is 3.41. The molecule has 5 heteroatoms. The van der Waals surface area contributed by atoms with Crippen LogP contribution in [0.15, 0.2) is 23.4 Å². The van der Waals surface area contributed by atoms with Gasteiger partial charge in [-0.05, 0) is 25.1 Å². The minimum absolute atomic E-state index is 0.131. The summed E-state index contributed by atoms with van der Waals surface area (Å²) >= 11 is 0. The number of nitrogens with zero attached hydrogens (tertiary/aromatic N) is 2. The Hall–Kier alpha value is -1.25. The maximum absolute atomic E-state index is 12.0. The van der Waals surface area contributed by atoms with E-state index < -0.39 is 10.8 Å². The molecule has 0 aromatic carbocycles. The molecular weight excluding hydrogens is 210 g/mol. The minimum atomic E-state index is -1.10. The van der Waals surface area contributed by atoms with E-state index >= 15 is 0 Å². The van der Waals surface area contributed by atoms with E-state index in [1.54, 1.807) is 12.1 Å². The first-order valence-corrected chi connectivity index (χ1v) is 6.00. The molecule has 0 aliphatic carbocycles. The van der Waals surface area contributed by atoms with E-state index in [9.17, 15) is 4.21 Å². The van der Waals surface area contributed by atoms with Crippen LogP contribution in [0.25, 0.3) is 0 Å². The Bertz CT molecular complexity index is 421. The van der Waals surface area contributed by atoms with Crippen LogP contribution in [0.1, 0.15) is 12.0 Å². The fourth-order valence-electron chi connectivity index (χ4n) is 1.57. The summed E-state index contributed by atoms with van der Waals surface area (Å²) in [5.74, 6) is 0. The van der Waals surface area contributed by atoms with Gasteiger partial charge in [0.2, 0.25) is 0 Å². The molecule has 1 fully saturated rings. The van der Waals surface area contributed by atoms with Crippen LogP contribution in [-0.4, -0.2) is 27.5 Å². The first-order valence-electron chi connectivity index (χ1n) is 4.78. The molecule has 0 spiro atoms. The number of hydrogen-bond donors (Lipinski definition) is 1. The summed E-state index contributed by atoms with van der Waals surface area (Å²) in [5, 5.41) is 12.5. The van der Waals surface area contributed by atoms with Gasteiger partial charge in [0.1, 0.15) is 5.03 Å². The number of nitrogens with one attached hydrogen (secondary N) is 1. The first kappa shape index (κ1) is 10.3. The number of nitriles is 1. The number of pyridine rings is 1. The van der Waals surface area contributed by atoms with Crippen molar-refractivity contribution in [1.29, 1.82) is 5.26 Å². The maximum Gasteiger partial charge on any atom is 0.128 e. The molecule has 1 unspecified atom stereocenters. The maximum atomic E-state index is 12.0. The minimum Gasteiger partial charge on any atom is -0.315 e. The molecule has 0 bridgehead atoms. The molecule has 2 heterocycles. The molecule has 4 nitrogen and oxygen atoms in total. The molecule has 78 valence electrons. The highest BCUT2D eigenvalue weighted by atomic mass is 32.2. The zero-order valence-corrected chi connectivity index (χ0v) is 8.96. The van der Waals surface area contributed by atoms with Gasteiger partial charge in [-0.1, -0.05) is 0 Å². The molecule has 1 saturated heterocycles. The van der Waals surface area contributed by atoms with Gasteiger partial charge < -0.3 is 5.32 Å². The Balaban J connectivity index is 2.21. The highest BCUT2D eigenvalue weighted by Crippen LogP contribution is 2.14. The summed E-state index contributed by atoms with van der Waals surface area (Å²) in [7, 11) is -1.10. The summed E-state index contributed by atoms with van der Waals surface area (Å²) in [6.45, 7) is 1.68. The average molecular weight is 221 g/mol. The first-order chi connectivity index (χ1) is 7.31. The van der Waals surface area contributed by atoms with Crippen molar-refractivity contribution in [1.82, 2.24) is 10.3 Å². The van der Waals surface area contributed by atoms with Crippen LogP contribution in [0.2, 0.25) is 0 Å². The molecule has 0 radical (unpaired) electrons. The van der Waals surface area contributed by atoms with Gasteiger partial charge in [-0.15, -0.1) is 0 Å². The number of hydrogen-bond acceptors (Lipinski definition) is 4. The van der Waals surface area contributed by atoms with E-state index in [1.807, 2.05) is 6.07 Å². The smallest absolute Gasteiger partial charge is 0.128 e. The molecule has 1 aliphatic heterocycles. The van der Waals surface area contributed by atoms with E-state index in [1.165, 1.54) is 6.20 Å². The van der Waals surface area contributed by atoms with Crippen LogP contribution in [0.4, 0.5) is 0 Å². The zero-order valence-electron chi connectivity index (χ0n) is 8.14. The summed E-state index contributed by atoms with van der Waals surface area (Å²) in [6.07, 6.45) is 2.44. The zero-order chi connectivity index (χ0) is 10.7. The lowest BCUT2D eigenvalue weighted by Crippen LogP contribution is -2.19. The molecule has 2 atom stereocenters. The van der Waals surface area contributed by atoms with Crippen molar-refractivity contribution in [3.63, 3.8) is 0 Å². The van der Waals surface area contributed by atoms with Crippen LogP contribution in [0, 0.1) is 11.3 Å². The molecule has 1 aliphatic rings. The van der Waals surface area contributed by atoms with E-state index in [0.717, 1.165) is 19.5 Å². The second kappa shape index (κ2) is 4.51. The summed E-state index contributed by atoms with van der Waals surface area (Å²) < 4.78 is 12.0. The molecule has 2 rings (SSSR count). The van der Waals surface area contributed by atoms with Gasteiger partial charge in [-0.3, -0.25) is 4.21 Å². The van der Waals surface area contributed by atoms with Crippen molar-refractivity contribution in [2.45, 2.75) is 16.7 Å². The molecular formula is C10H11N3OS. The van der Waals surface area contributed by atoms with E-state index in [0.29, 0.717) is 10.6 Å². The third-order valence-corrected chi connectivity index (χ3v) is 4.03. The summed E-state index contributed by atoms with van der Waals surface area (Å²) in [5.41, 5.74) is 0.513. The molecule has 1 N–H and O–H groups in total. The predicted molar refractivity (Wildman–Crippen MR) is 56.6 cm³/mol. The topological polar surface area (TPSA) is 65.8 Å². The van der Waals surface area contributed by atoms with Crippen LogP contribution < -0.4 is 5.32 Å². The Morgan fingerprint density at radius 1 is 1.67 bits per heavy atom. The van der Waals surface area contributed by atoms with Gasteiger partial charge >= 0.3 is 0 Å². The molecule has 1 aromatic rings. The van der Waals surface area contributed by atoms with Crippen LogP contribution >= 0.6 is 0 Å². The SMILES string of the molecule is N#Cc1ccnc(S(=O)[C@@H]2CCNC2)c1. The van der Waals surface area contributed by atoms with Crippen molar-refractivity contribution in [3.05, 3.63) is 23.9 Å². The van der Waals surface area contributed by atoms with Gasteiger partial charge in [0.15, 0.2) is 0 Å². The van der Waals surface area contributed by atoms with Crippen molar-refractivity contribution in [3.8, 4) is 6.07 Å². The quantitative estimate of drug-likeness (QED) is 0.786. The third-order valence-electron chi connectivity index (χ3n) is 2.39. The van der Waals surface area contributed by atoms with Crippen molar-refractivity contribution >= 4 is 10.8 Å². The predicted octanol–water partition coefficient (Wildman–Crippen LogP) is 0.423. The number of aromatic nitrogens is 1. The molecule has 15 heavy (non-hydrogen) atoms. The molecule has 0 amide bonds. The van der Waals surface area contributed by atoms with Gasteiger partial charge in [-0.25, -0.2) is 4.98 Å². The van der Waals surface area contributed by atoms with Crippen LogP contribution in [0.5, 0.6) is 0 Å². The Morgan fingerprint density at radius 3 is 3.20 bits per heavy atom. The lowest BCUT2D eigenvalue weighted by molar-refractivity contribution is 0.669. The van der Waals surface area contributed by atoms with E-state index in [2.05, 4.69) is 10.3 Å². The summed E-state index contributed by atoms with van der Waals surface area (Å²) in [6, 6.07) is 5.25. The number of rotatable bonds is 2. The normalized spacial score (nSPS) is 22.2. The van der Waals surface area contributed by atoms with E-state index in [4.69, 9.17) is 5.26 Å². The molecule has 0 saturated carbocycles. The Kier molecular flexibility index (Phi) is 3.09. The summed E-state index contributed by atoms with van der Waals surface area (Å²) in [4.78, 5) is 4.05. The Morgan fingerprint density at radius 2 is 2.53 bits per heavy atom. The van der Waals surface area contributed by atoms with E-state index in [-0.39, 0.29) is 5.25 Å². The Labute approximate surface area is 90.8 Å². The fourth-order valence-corrected chi connectivity index (χ4v) is 2.92.